The van der Waals surface area contributed by atoms with Gasteiger partial charge in [0.1, 0.15) is 0 Å². The van der Waals surface area contributed by atoms with Crippen LogP contribution in [0.5, 0.6) is 0 Å². The molecule has 0 spiro atoms. The maximum Gasteiger partial charge on any atom is 0.164 e. The van der Waals surface area contributed by atoms with Crippen LogP contribution in [0.4, 0.5) is 0 Å². The zero-order chi connectivity index (χ0) is 17.9. The first-order valence-electron chi connectivity index (χ1n) is 8.65. The second kappa shape index (κ2) is 7.34. The van der Waals surface area contributed by atoms with Gasteiger partial charge in [-0.2, -0.15) is 0 Å². The van der Waals surface area contributed by atoms with Crippen LogP contribution in [0.3, 0.4) is 0 Å². The van der Waals surface area contributed by atoms with Crippen LogP contribution in [-0.4, -0.2) is 15.0 Å². The third-order valence-electron chi connectivity index (χ3n) is 4.28. The summed E-state index contributed by atoms with van der Waals surface area (Å²) >= 11 is 3.53. The fourth-order valence-electron chi connectivity index (χ4n) is 2.97. The standard InChI is InChI=1S/C22H18BrN3/c1-15-7-5-10-17(13-15)21-24-20(16-8-3-2-4-9-16)25-22(26-21)18-11-6-12-19(23)14-18/h2-6,8-15H,7H2,1H3. The van der Waals surface area contributed by atoms with Crippen LogP contribution in [0.1, 0.15) is 19.2 Å². The first-order valence-corrected chi connectivity index (χ1v) is 9.44. The van der Waals surface area contributed by atoms with Gasteiger partial charge in [0.25, 0.3) is 0 Å². The number of allylic oxidation sites excluding steroid dienone is 4. The lowest BCUT2D eigenvalue weighted by atomic mass is 9.97. The third-order valence-corrected chi connectivity index (χ3v) is 4.77. The van der Waals surface area contributed by atoms with Gasteiger partial charge in [-0.05, 0) is 24.5 Å². The monoisotopic (exact) mass is 403 g/mol. The number of hydrogen-bond donors (Lipinski definition) is 0. The lowest BCUT2D eigenvalue weighted by Gasteiger charge is -2.13. The number of rotatable bonds is 3. The highest BCUT2D eigenvalue weighted by atomic mass is 79.9. The summed E-state index contributed by atoms with van der Waals surface area (Å²) in [7, 11) is 0. The molecule has 1 atom stereocenters. The number of hydrogen-bond acceptors (Lipinski definition) is 3. The molecule has 0 amide bonds. The van der Waals surface area contributed by atoms with Crippen molar-refractivity contribution in [3.8, 4) is 22.8 Å². The number of aromatic nitrogens is 3. The number of nitrogens with zero attached hydrogens (tertiary/aromatic N) is 3. The Balaban J connectivity index is 1.89. The van der Waals surface area contributed by atoms with Crippen LogP contribution in [-0.2, 0) is 0 Å². The van der Waals surface area contributed by atoms with Gasteiger partial charge in [-0.25, -0.2) is 15.0 Å². The smallest absolute Gasteiger partial charge is 0.164 e. The van der Waals surface area contributed by atoms with E-state index in [1.54, 1.807) is 0 Å². The Morgan fingerprint density at radius 1 is 0.846 bits per heavy atom. The molecule has 2 aromatic carbocycles. The fraction of sp³-hybridized carbons (Fsp3) is 0.136. The zero-order valence-electron chi connectivity index (χ0n) is 14.4. The van der Waals surface area contributed by atoms with Gasteiger partial charge in [-0.1, -0.05) is 83.5 Å². The first-order chi connectivity index (χ1) is 12.7. The Bertz CT molecular complexity index is 993. The van der Waals surface area contributed by atoms with Gasteiger partial charge < -0.3 is 0 Å². The van der Waals surface area contributed by atoms with Crippen LogP contribution < -0.4 is 0 Å². The SMILES string of the molecule is CC1C=C(c2nc(-c3ccccc3)nc(-c3cccc(Br)c3)n2)C=CC1. The minimum absolute atomic E-state index is 0.487. The van der Waals surface area contributed by atoms with Gasteiger partial charge in [0.05, 0.1) is 0 Å². The normalized spacial score (nSPS) is 16.4. The predicted octanol–water partition coefficient (Wildman–Crippen LogP) is 5.95. The van der Waals surface area contributed by atoms with E-state index in [1.807, 2.05) is 54.6 Å². The van der Waals surface area contributed by atoms with E-state index in [9.17, 15) is 0 Å². The highest BCUT2D eigenvalue weighted by Crippen LogP contribution is 2.27. The molecule has 4 heteroatoms. The van der Waals surface area contributed by atoms with Gasteiger partial charge in [-0.3, -0.25) is 0 Å². The lowest BCUT2D eigenvalue weighted by Crippen LogP contribution is -2.04. The van der Waals surface area contributed by atoms with E-state index in [1.165, 1.54) is 0 Å². The first kappa shape index (κ1) is 16.9. The molecule has 0 radical (unpaired) electrons. The summed E-state index contributed by atoms with van der Waals surface area (Å²) in [4.78, 5) is 14.3. The van der Waals surface area contributed by atoms with Crippen molar-refractivity contribution in [2.75, 3.05) is 0 Å². The molecule has 1 aliphatic carbocycles. The van der Waals surface area contributed by atoms with E-state index in [2.05, 4.69) is 41.1 Å². The molecule has 0 fully saturated rings. The van der Waals surface area contributed by atoms with Crippen LogP contribution in [0.2, 0.25) is 0 Å². The maximum absolute atomic E-state index is 4.77. The second-order valence-electron chi connectivity index (χ2n) is 6.42. The molecular formula is C22H18BrN3. The summed E-state index contributed by atoms with van der Waals surface area (Å²) in [5.74, 6) is 2.58. The molecule has 1 unspecified atom stereocenters. The molecule has 0 N–H and O–H groups in total. The van der Waals surface area contributed by atoms with Crippen molar-refractivity contribution in [2.45, 2.75) is 13.3 Å². The molecule has 128 valence electrons. The topological polar surface area (TPSA) is 38.7 Å². The fourth-order valence-corrected chi connectivity index (χ4v) is 3.37. The van der Waals surface area contributed by atoms with E-state index in [0.717, 1.165) is 33.4 Å². The van der Waals surface area contributed by atoms with E-state index in [4.69, 9.17) is 15.0 Å². The largest absolute Gasteiger partial charge is 0.208 e. The molecule has 0 bridgehead atoms. The molecule has 3 nitrogen and oxygen atoms in total. The molecule has 1 heterocycles. The van der Waals surface area contributed by atoms with Gasteiger partial charge >= 0.3 is 0 Å². The van der Waals surface area contributed by atoms with E-state index in [0.29, 0.717) is 17.6 Å². The van der Waals surface area contributed by atoms with Crippen molar-refractivity contribution in [1.82, 2.24) is 15.0 Å². The van der Waals surface area contributed by atoms with Crippen molar-refractivity contribution in [1.29, 1.82) is 0 Å². The second-order valence-corrected chi connectivity index (χ2v) is 7.34. The van der Waals surface area contributed by atoms with Crippen LogP contribution in [0.15, 0.2) is 77.3 Å². The number of benzene rings is 2. The van der Waals surface area contributed by atoms with E-state index >= 15 is 0 Å². The van der Waals surface area contributed by atoms with Crippen LogP contribution in [0, 0.1) is 5.92 Å². The predicted molar refractivity (Wildman–Crippen MR) is 109 cm³/mol. The average Bonchev–Trinajstić information content (AvgIpc) is 2.68. The van der Waals surface area contributed by atoms with Crippen LogP contribution >= 0.6 is 15.9 Å². The van der Waals surface area contributed by atoms with Crippen molar-refractivity contribution in [3.63, 3.8) is 0 Å². The lowest BCUT2D eigenvalue weighted by molar-refractivity contribution is 0.738. The summed E-state index contributed by atoms with van der Waals surface area (Å²) in [5.41, 5.74) is 3.01. The molecular weight excluding hydrogens is 386 g/mol. The van der Waals surface area contributed by atoms with Crippen molar-refractivity contribution in [3.05, 3.63) is 83.1 Å². The summed E-state index contributed by atoms with van der Waals surface area (Å²) < 4.78 is 1.00. The minimum Gasteiger partial charge on any atom is -0.208 e. The third kappa shape index (κ3) is 3.65. The Morgan fingerprint density at radius 2 is 1.54 bits per heavy atom. The van der Waals surface area contributed by atoms with Gasteiger partial charge in [0.2, 0.25) is 0 Å². The minimum atomic E-state index is 0.487. The van der Waals surface area contributed by atoms with Crippen LogP contribution in [0.25, 0.3) is 28.3 Å². The van der Waals surface area contributed by atoms with Crippen molar-refractivity contribution >= 4 is 21.5 Å². The summed E-state index contributed by atoms with van der Waals surface area (Å²) in [6, 6.07) is 18.1. The molecule has 0 saturated heterocycles. The molecule has 1 aliphatic rings. The molecule has 0 saturated carbocycles. The average molecular weight is 404 g/mol. The van der Waals surface area contributed by atoms with Crippen molar-refractivity contribution < 1.29 is 0 Å². The van der Waals surface area contributed by atoms with Gasteiger partial charge in [-0.15, -0.1) is 0 Å². The quantitative estimate of drug-likeness (QED) is 0.542. The molecule has 26 heavy (non-hydrogen) atoms. The Morgan fingerprint density at radius 3 is 2.27 bits per heavy atom. The molecule has 3 aromatic rings. The summed E-state index contributed by atoms with van der Waals surface area (Å²) in [6.45, 7) is 2.21. The molecule has 4 rings (SSSR count). The van der Waals surface area contributed by atoms with Gasteiger partial charge in [0, 0.05) is 21.2 Å². The zero-order valence-corrected chi connectivity index (χ0v) is 16.0. The highest BCUT2D eigenvalue weighted by molar-refractivity contribution is 9.10. The molecule has 0 aliphatic heterocycles. The Hall–Kier alpha value is -2.59. The maximum atomic E-state index is 4.77. The van der Waals surface area contributed by atoms with E-state index in [-0.39, 0.29) is 0 Å². The molecule has 1 aromatic heterocycles. The summed E-state index contributed by atoms with van der Waals surface area (Å²) in [5, 5.41) is 0. The number of halogens is 1. The highest BCUT2D eigenvalue weighted by Gasteiger charge is 2.14. The van der Waals surface area contributed by atoms with Crippen molar-refractivity contribution in [2.24, 2.45) is 5.92 Å². The van der Waals surface area contributed by atoms with Gasteiger partial charge in [0.15, 0.2) is 17.5 Å². The van der Waals surface area contributed by atoms with E-state index < -0.39 is 0 Å². The Labute approximate surface area is 161 Å². The Kier molecular flexibility index (Phi) is 4.76. The summed E-state index contributed by atoms with van der Waals surface area (Å²) in [6.07, 6.45) is 7.58.